The SMILES string of the molecule is NC(=O)CN(CC(N)=O)C(=O)c1ccccc1S. The summed E-state index contributed by atoms with van der Waals surface area (Å²) in [6.45, 7) is -0.742. The largest absolute Gasteiger partial charge is 0.368 e. The monoisotopic (exact) mass is 267 g/mol. The predicted octanol–water partition coefficient (Wildman–Crippen LogP) is -0.612. The molecule has 0 aliphatic rings. The van der Waals surface area contributed by atoms with Crippen molar-refractivity contribution in [1.29, 1.82) is 0 Å². The van der Waals surface area contributed by atoms with E-state index in [1.165, 1.54) is 0 Å². The number of primary amides is 2. The van der Waals surface area contributed by atoms with Crippen molar-refractivity contribution in [2.75, 3.05) is 13.1 Å². The summed E-state index contributed by atoms with van der Waals surface area (Å²) in [5.74, 6) is -1.96. The highest BCUT2D eigenvalue weighted by molar-refractivity contribution is 7.80. The van der Waals surface area contributed by atoms with Crippen LogP contribution < -0.4 is 11.5 Å². The van der Waals surface area contributed by atoms with Gasteiger partial charge in [-0.2, -0.15) is 0 Å². The first-order chi connectivity index (χ1) is 8.41. The quantitative estimate of drug-likeness (QED) is 0.619. The molecular weight excluding hydrogens is 254 g/mol. The van der Waals surface area contributed by atoms with E-state index in [0.29, 0.717) is 4.90 Å². The number of rotatable bonds is 5. The molecule has 3 amide bonds. The van der Waals surface area contributed by atoms with Crippen LogP contribution in [-0.4, -0.2) is 35.7 Å². The van der Waals surface area contributed by atoms with Gasteiger partial charge in [0.05, 0.1) is 5.56 Å². The second kappa shape index (κ2) is 6.06. The lowest BCUT2D eigenvalue weighted by Gasteiger charge is -2.20. The number of benzene rings is 1. The highest BCUT2D eigenvalue weighted by atomic mass is 32.1. The molecule has 0 aliphatic heterocycles. The second-order valence-electron chi connectivity index (χ2n) is 3.61. The van der Waals surface area contributed by atoms with Gasteiger partial charge in [-0.05, 0) is 12.1 Å². The molecule has 1 rings (SSSR count). The molecule has 0 saturated heterocycles. The van der Waals surface area contributed by atoms with Crippen LogP contribution in [0.15, 0.2) is 29.2 Å². The van der Waals surface area contributed by atoms with E-state index in [-0.39, 0.29) is 18.7 Å². The summed E-state index contributed by atoms with van der Waals surface area (Å²) in [6, 6.07) is 6.54. The van der Waals surface area contributed by atoms with Gasteiger partial charge in [-0.15, -0.1) is 12.6 Å². The lowest BCUT2D eigenvalue weighted by Crippen LogP contribution is -2.43. The fourth-order valence-electron chi connectivity index (χ4n) is 1.40. The Balaban J connectivity index is 2.98. The standard InChI is InChI=1S/C11H13N3O3S/c12-9(15)5-14(6-10(13)16)11(17)7-3-1-2-4-8(7)18/h1-4,18H,5-6H2,(H2,12,15)(H2,13,16). The third-order valence-electron chi connectivity index (χ3n) is 2.12. The Morgan fingerprint density at radius 2 is 1.56 bits per heavy atom. The topological polar surface area (TPSA) is 106 Å². The summed E-state index contributed by atoms with van der Waals surface area (Å²) in [4.78, 5) is 35.3. The van der Waals surface area contributed by atoms with Crippen molar-refractivity contribution in [2.24, 2.45) is 11.5 Å². The van der Waals surface area contributed by atoms with E-state index in [1.54, 1.807) is 24.3 Å². The molecule has 96 valence electrons. The van der Waals surface area contributed by atoms with Crippen LogP contribution in [0.5, 0.6) is 0 Å². The molecule has 4 N–H and O–H groups in total. The van der Waals surface area contributed by atoms with Crippen LogP contribution in [0.2, 0.25) is 0 Å². The van der Waals surface area contributed by atoms with Crippen molar-refractivity contribution in [3.05, 3.63) is 29.8 Å². The molecule has 0 radical (unpaired) electrons. The van der Waals surface area contributed by atoms with Gasteiger partial charge in [-0.3, -0.25) is 14.4 Å². The fourth-order valence-corrected chi connectivity index (χ4v) is 1.66. The highest BCUT2D eigenvalue weighted by Crippen LogP contribution is 2.15. The molecule has 1 aromatic carbocycles. The van der Waals surface area contributed by atoms with Gasteiger partial charge in [0, 0.05) is 4.90 Å². The third kappa shape index (κ3) is 3.77. The average Bonchev–Trinajstić information content (AvgIpc) is 2.26. The summed E-state index contributed by atoms with van der Waals surface area (Å²) in [6.07, 6.45) is 0. The molecule has 0 aromatic heterocycles. The predicted molar refractivity (Wildman–Crippen MR) is 68.0 cm³/mol. The summed E-state index contributed by atoms with van der Waals surface area (Å²) in [7, 11) is 0. The molecule has 1 aromatic rings. The lowest BCUT2D eigenvalue weighted by atomic mass is 10.2. The van der Waals surface area contributed by atoms with Gasteiger partial charge in [0.1, 0.15) is 13.1 Å². The summed E-state index contributed by atoms with van der Waals surface area (Å²) in [5.41, 5.74) is 10.3. The van der Waals surface area contributed by atoms with Crippen LogP contribution in [0.3, 0.4) is 0 Å². The summed E-state index contributed by atoms with van der Waals surface area (Å²) < 4.78 is 0. The van der Waals surface area contributed by atoms with Crippen LogP contribution in [0.25, 0.3) is 0 Å². The summed E-state index contributed by atoms with van der Waals surface area (Å²) >= 11 is 4.13. The van der Waals surface area contributed by atoms with E-state index in [4.69, 9.17) is 11.5 Å². The molecular formula is C11H13N3O3S. The zero-order valence-electron chi connectivity index (χ0n) is 9.50. The van der Waals surface area contributed by atoms with Gasteiger partial charge >= 0.3 is 0 Å². The first-order valence-electron chi connectivity index (χ1n) is 5.05. The molecule has 0 aliphatic carbocycles. The van der Waals surface area contributed by atoms with Crippen LogP contribution in [0.4, 0.5) is 0 Å². The maximum absolute atomic E-state index is 12.1. The Morgan fingerprint density at radius 1 is 1.06 bits per heavy atom. The normalized spacial score (nSPS) is 9.83. The smallest absolute Gasteiger partial charge is 0.255 e. The van der Waals surface area contributed by atoms with Gasteiger partial charge in [0.15, 0.2) is 0 Å². The van der Waals surface area contributed by atoms with Crippen molar-refractivity contribution in [3.8, 4) is 0 Å². The van der Waals surface area contributed by atoms with Crippen LogP contribution in [0, 0.1) is 0 Å². The van der Waals surface area contributed by atoms with Crippen molar-refractivity contribution < 1.29 is 14.4 Å². The molecule has 0 bridgehead atoms. The maximum atomic E-state index is 12.1. The van der Waals surface area contributed by atoms with Gasteiger partial charge in [0.25, 0.3) is 5.91 Å². The Kier molecular flexibility index (Phi) is 4.73. The number of nitrogens with two attached hydrogens (primary N) is 2. The number of carbonyl (C=O) groups is 3. The number of thiol groups is 1. The number of nitrogens with zero attached hydrogens (tertiary/aromatic N) is 1. The number of hydrogen-bond donors (Lipinski definition) is 3. The van der Waals surface area contributed by atoms with E-state index in [2.05, 4.69) is 12.6 Å². The van der Waals surface area contributed by atoms with Crippen molar-refractivity contribution in [1.82, 2.24) is 4.90 Å². The van der Waals surface area contributed by atoms with Crippen molar-refractivity contribution in [3.63, 3.8) is 0 Å². The zero-order valence-corrected chi connectivity index (χ0v) is 10.4. The van der Waals surface area contributed by atoms with Crippen LogP contribution in [-0.2, 0) is 9.59 Å². The minimum Gasteiger partial charge on any atom is -0.368 e. The molecule has 0 atom stereocenters. The molecule has 0 unspecified atom stereocenters. The molecule has 18 heavy (non-hydrogen) atoms. The molecule has 0 saturated carbocycles. The van der Waals surface area contributed by atoms with E-state index >= 15 is 0 Å². The minimum atomic E-state index is -0.721. The van der Waals surface area contributed by atoms with Crippen molar-refractivity contribution >= 4 is 30.4 Å². The van der Waals surface area contributed by atoms with Crippen molar-refractivity contribution in [2.45, 2.75) is 4.90 Å². The van der Waals surface area contributed by atoms with Gasteiger partial charge in [-0.25, -0.2) is 0 Å². The first kappa shape index (κ1) is 14.0. The van der Waals surface area contributed by atoms with E-state index in [1.807, 2.05) is 0 Å². The van der Waals surface area contributed by atoms with E-state index in [9.17, 15) is 14.4 Å². The van der Waals surface area contributed by atoms with Crippen LogP contribution in [0.1, 0.15) is 10.4 Å². The fraction of sp³-hybridized carbons (Fsp3) is 0.182. The number of hydrogen-bond acceptors (Lipinski definition) is 4. The zero-order chi connectivity index (χ0) is 13.7. The Bertz CT molecular complexity index is 474. The second-order valence-corrected chi connectivity index (χ2v) is 4.09. The Morgan fingerprint density at radius 3 is 2.00 bits per heavy atom. The molecule has 0 heterocycles. The molecule has 0 fully saturated rings. The Hall–Kier alpha value is -2.02. The first-order valence-corrected chi connectivity index (χ1v) is 5.50. The van der Waals surface area contributed by atoms with Gasteiger partial charge in [0.2, 0.25) is 11.8 Å². The average molecular weight is 267 g/mol. The van der Waals surface area contributed by atoms with Gasteiger partial charge < -0.3 is 16.4 Å². The highest BCUT2D eigenvalue weighted by Gasteiger charge is 2.20. The number of carbonyl (C=O) groups excluding carboxylic acids is 3. The molecule has 6 nitrogen and oxygen atoms in total. The van der Waals surface area contributed by atoms with E-state index < -0.39 is 17.7 Å². The molecule has 7 heteroatoms. The Labute approximate surface area is 109 Å². The molecule has 0 spiro atoms. The summed E-state index contributed by atoms with van der Waals surface area (Å²) in [5, 5.41) is 0. The lowest BCUT2D eigenvalue weighted by molar-refractivity contribution is -0.121. The maximum Gasteiger partial charge on any atom is 0.255 e. The minimum absolute atomic E-state index is 0.281. The van der Waals surface area contributed by atoms with Gasteiger partial charge in [-0.1, -0.05) is 12.1 Å². The van der Waals surface area contributed by atoms with Crippen LogP contribution >= 0.6 is 12.6 Å². The third-order valence-corrected chi connectivity index (χ3v) is 2.51. The number of amides is 3. The van der Waals surface area contributed by atoms with E-state index in [0.717, 1.165) is 4.90 Å².